The number of nitrogens with zero attached hydrogens (tertiary/aromatic N) is 3. The summed E-state index contributed by atoms with van der Waals surface area (Å²) in [6, 6.07) is 3.67. The Balaban J connectivity index is 1.96. The van der Waals surface area contributed by atoms with Crippen LogP contribution in [0.25, 0.3) is 0 Å². The van der Waals surface area contributed by atoms with E-state index in [1.54, 1.807) is 12.3 Å². The minimum Gasteiger partial charge on any atom is -0.367 e. The van der Waals surface area contributed by atoms with Gasteiger partial charge in [-0.1, -0.05) is 17.7 Å². The molecule has 0 bridgehead atoms. The molecule has 102 valence electrons. The van der Waals surface area contributed by atoms with Crippen molar-refractivity contribution in [3.05, 3.63) is 51.2 Å². The number of aromatic nitrogens is 1. The smallest absolute Gasteiger partial charge is 0.274 e. The highest BCUT2D eigenvalue weighted by molar-refractivity contribution is 6.29. The molecule has 0 aromatic carbocycles. The molecular formula is C12H15ClN4O2. The Morgan fingerprint density at radius 1 is 1.58 bits per heavy atom. The summed E-state index contributed by atoms with van der Waals surface area (Å²) >= 11 is 5.73. The molecule has 1 aromatic heterocycles. The Kier molecular flexibility index (Phi) is 4.57. The fraction of sp³-hybridized carbons (Fsp3) is 0.417. The molecule has 1 aliphatic heterocycles. The SMILES string of the molecule is O=[N+]([O-])/C=C1\NCCCN1CCc1ccc(Cl)nc1. The lowest BCUT2D eigenvalue weighted by Crippen LogP contribution is -2.40. The van der Waals surface area contributed by atoms with Crippen LogP contribution >= 0.6 is 11.6 Å². The van der Waals surface area contributed by atoms with Crippen molar-refractivity contribution in [1.29, 1.82) is 0 Å². The van der Waals surface area contributed by atoms with E-state index in [1.807, 2.05) is 11.0 Å². The van der Waals surface area contributed by atoms with Crippen molar-refractivity contribution in [1.82, 2.24) is 15.2 Å². The summed E-state index contributed by atoms with van der Waals surface area (Å²) in [7, 11) is 0. The summed E-state index contributed by atoms with van der Waals surface area (Å²) in [5.74, 6) is 0.582. The van der Waals surface area contributed by atoms with Crippen LogP contribution in [0.2, 0.25) is 5.15 Å². The monoisotopic (exact) mass is 282 g/mol. The molecule has 0 aliphatic carbocycles. The fourth-order valence-electron chi connectivity index (χ4n) is 2.00. The highest BCUT2D eigenvalue weighted by atomic mass is 35.5. The van der Waals surface area contributed by atoms with Crippen molar-refractivity contribution in [2.75, 3.05) is 19.6 Å². The van der Waals surface area contributed by atoms with Gasteiger partial charge in [0, 0.05) is 25.8 Å². The normalized spacial score (nSPS) is 17.3. The quantitative estimate of drug-likeness (QED) is 0.516. The highest BCUT2D eigenvalue weighted by Gasteiger charge is 2.17. The van der Waals surface area contributed by atoms with Crippen molar-refractivity contribution in [2.24, 2.45) is 0 Å². The first kappa shape index (κ1) is 13.6. The van der Waals surface area contributed by atoms with Crippen molar-refractivity contribution >= 4 is 11.6 Å². The number of hydrogen-bond acceptors (Lipinski definition) is 5. The summed E-state index contributed by atoms with van der Waals surface area (Å²) in [5, 5.41) is 14.1. The van der Waals surface area contributed by atoms with Crippen molar-refractivity contribution in [2.45, 2.75) is 12.8 Å². The first-order valence-electron chi connectivity index (χ1n) is 6.10. The lowest BCUT2D eigenvalue weighted by molar-refractivity contribution is -0.404. The zero-order valence-electron chi connectivity index (χ0n) is 10.4. The Morgan fingerprint density at radius 3 is 3.11 bits per heavy atom. The van der Waals surface area contributed by atoms with Gasteiger partial charge in [-0.15, -0.1) is 0 Å². The zero-order chi connectivity index (χ0) is 13.7. The van der Waals surface area contributed by atoms with Gasteiger partial charge in [0.05, 0.1) is 4.92 Å². The van der Waals surface area contributed by atoms with E-state index in [2.05, 4.69) is 10.3 Å². The van der Waals surface area contributed by atoms with Crippen molar-refractivity contribution < 1.29 is 4.92 Å². The maximum Gasteiger partial charge on any atom is 0.274 e. The molecule has 2 rings (SSSR count). The van der Waals surface area contributed by atoms with Crippen LogP contribution in [-0.2, 0) is 6.42 Å². The first-order valence-corrected chi connectivity index (χ1v) is 6.47. The summed E-state index contributed by atoms with van der Waals surface area (Å²) in [4.78, 5) is 16.1. The second-order valence-corrected chi connectivity index (χ2v) is 4.69. The largest absolute Gasteiger partial charge is 0.367 e. The minimum atomic E-state index is -0.426. The van der Waals surface area contributed by atoms with E-state index in [0.717, 1.165) is 44.2 Å². The molecule has 0 unspecified atom stereocenters. The fourth-order valence-corrected chi connectivity index (χ4v) is 2.11. The summed E-state index contributed by atoms with van der Waals surface area (Å²) in [5.41, 5.74) is 1.07. The molecule has 0 atom stereocenters. The van der Waals surface area contributed by atoms with Crippen molar-refractivity contribution in [3.8, 4) is 0 Å². The predicted molar refractivity (Wildman–Crippen MR) is 72.2 cm³/mol. The van der Waals surface area contributed by atoms with E-state index in [0.29, 0.717) is 11.0 Å². The third kappa shape index (κ3) is 4.10. The van der Waals surface area contributed by atoms with Gasteiger partial charge in [-0.05, 0) is 24.5 Å². The van der Waals surface area contributed by atoms with Gasteiger partial charge in [0.25, 0.3) is 6.20 Å². The number of rotatable bonds is 4. The lowest BCUT2D eigenvalue weighted by atomic mass is 10.2. The molecule has 2 heterocycles. The van der Waals surface area contributed by atoms with Crippen LogP contribution in [0.15, 0.2) is 30.4 Å². The van der Waals surface area contributed by atoms with Crippen LogP contribution in [0, 0.1) is 10.1 Å². The Labute approximate surface area is 116 Å². The van der Waals surface area contributed by atoms with Gasteiger partial charge in [0.2, 0.25) is 0 Å². The van der Waals surface area contributed by atoms with E-state index >= 15 is 0 Å². The molecule has 0 saturated carbocycles. The van der Waals surface area contributed by atoms with Gasteiger partial charge < -0.3 is 10.2 Å². The molecule has 1 aromatic rings. The second kappa shape index (κ2) is 6.38. The van der Waals surface area contributed by atoms with Crippen LogP contribution in [0.3, 0.4) is 0 Å². The van der Waals surface area contributed by atoms with Gasteiger partial charge in [-0.25, -0.2) is 4.98 Å². The molecule has 1 saturated heterocycles. The summed E-state index contributed by atoms with van der Waals surface area (Å²) in [6.07, 6.45) is 4.52. The first-order chi connectivity index (χ1) is 9.15. The summed E-state index contributed by atoms with van der Waals surface area (Å²) < 4.78 is 0. The van der Waals surface area contributed by atoms with Crippen LogP contribution < -0.4 is 5.32 Å². The third-order valence-corrected chi connectivity index (χ3v) is 3.16. The lowest BCUT2D eigenvalue weighted by Gasteiger charge is -2.30. The van der Waals surface area contributed by atoms with E-state index in [-0.39, 0.29) is 0 Å². The van der Waals surface area contributed by atoms with Gasteiger partial charge in [0.15, 0.2) is 5.82 Å². The third-order valence-electron chi connectivity index (χ3n) is 2.94. The van der Waals surface area contributed by atoms with Gasteiger partial charge in [0.1, 0.15) is 5.15 Å². The number of hydrogen-bond donors (Lipinski definition) is 1. The van der Waals surface area contributed by atoms with Crippen LogP contribution in [0.4, 0.5) is 0 Å². The molecule has 0 spiro atoms. The highest BCUT2D eigenvalue weighted by Crippen LogP contribution is 2.11. The second-order valence-electron chi connectivity index (χ2n) is 4.31. The number of nitro groups is 1. The Hall–Kier alpha value is -1.82. The molecule has 19 heavy (non-hydrogen) atoms. The standard InChI is InChI=1S/C12H15ClN4O2/c13-11-3-2-10(8-15-11)4-7-16-6-1-5-14-12(16)9-17(18)19/h2-3,8-9,14H,1,4-7H2/b12-9+. The van der Waals surface area contributed by atoms with Crippen LogP contribution in [0.1, 0.15) is 12.0 Å². The summed E-state index contributed by atoms with van der Waals surface area (Å²) in [6.45, 7) is 2.32. The number of halogens is 1. The molecule has 0 radical (unpaired) electrons. The Bertz CT molecular complexity index is 475. The predicted octanol–water partition coefficient (Wildman–Crippen LogP) is 1.65. The molecule has 1 aliphatic rings. The van der Waals surface area contributed by atoms with Crippen LogP contribution in [-0.4, -0.2) is 34.4 Å². The zero-order valence-corrected chi connectivity index (χ0v) is 11.1. The van der Waals surface area contributed by atoms with Crippen LogP contribution in [0.5, 0.6) is 0 Å². The molecule has 0 amide bonds. The van der Waals surface area contributed by atoms with Gasteiger partial charge in [-0.2, -0.15) is 0 Å². The maximum absolute atomic E-state index is 10.6. The molecule has 6 nitrogen and oxygen atoms in total. The van der Waals surface area contributed by atoms with Gasteiger partial charge >= 0.3 is 0 Å². The minimum absolute atomic E-state index is 0.426. The molecular weight excluding hydrogens is 268 g/mol. The number of pyridine rings is 1. The molecule has 1 fully saturated rings. The topological polar surface area (TPSA) is 71.3 Å². The average molecular weight is 283 g/mol. The number of nitrogens with one attached hydrogen (secondary N) is 1. The Morgan fingerprint density at radius 2 is 2.42 bits per heavy atom. The van der Waals surface area contributed by atoms with E-state index in [1.165, 1.54) is 0 Å². The van der Waals surface area contributed by atoms with E-state index < -0.39 is 4.92 Å². The average Bonchev–Trinajstić information content (AvgIpc) is 2.39. The maximum atomic E-state index is 10.6. The molecule has 1 N–H and O–H groups in total. The molecule has 7 heteroatoms. The van der Waals surface area contributed by atoms with E-state index in [9.17, 15) is 10.1 Å². The van der Waals surface area contributed by atoms with Gasteiger partial charge in [-0.3, -0.25) is 10.1 Å². The van der Waals surface area contributed by atoms with Crippen molar-refractivity contribution in [3.63, 3.8) is 0 Å². The van der Waals surface area contributed by atoms with E-state index in [4.69, 9.17) is 11.6 Å².